The summed E-state index contributed by atoms with van der Waals surface area (Å²) < 4.78 is 14.3. The molecule has 0 aromatic rings. The molecule has 1 saturated heterocycles. The summed E-state index contributed by atoms with van der Waals surface area (Å²) in [5.74, 6) is -1.04. The average Bonchev–Trinajstić information content (AvgIpc) is 2.13. The van der Waals surface area contributed by atoms with Crippen molar-refractivity contribution in [1.82, 2.24) is 0 Å². The third-order valence-electron chi connectivity index (χ3n) is 0.991. The predicted molar refractivity (Wildman–Crippen MR) is 31.3 cm³/mol. The number of epoxide rings is 1. The number of rotatable bonds is 1. The number of hydrogen-bond acceptors (Lipinski definition) is 4. The third kappa shape index (κ3) is 3.64. The van der Waals surface area contributed by atoms with Crippen LogP contribution in [0.25, 0.3) is 0 Å². The smallest absolute Gasteiger partial charge is 0.809 e. The Morgan fingerprint density at radius 3 is 1.80 bits per heavy atom. The molecular weight excluding hydrogens is 187 g/mol. The van der Waals surface area contributed by atoms with E-state index in [4.69, 9.17) is 0 Å². The summed E-state index contributed by atoms with van der Waals surface area (Å²) in [6.45, 7) is 1.55. The standard InChI is InChI=1S/C3H7O4P.Ca.H2O/c1-2-3(7-2)8(4,5)6;;/h2-3H,1H3,(H2,4,5,6);;1H2/q;+2;/p-2/t2-,3+;;/m0../s1. The van der Waals surface area contributed by atoms with Crippen LogP contribution < -0.4 is 9.79 Å². The van der Waals surface area contributed by atoms with Crippen LogP contribution in [-0.2, 0) is 9.30 Å². The topological polar surface area (TPSA) is 107 Å². The summed E-state index contributed by atoms with van der Waals surface area (Å²) in [4.78, 5) is 19.9. The fraction of sp³-hybridized carbons (Fsp3) is 1.00. The van der Waals surface area contributed by atoms with Gasteiger partial charge in [0.2, 0.25) is 0 Å². The van der Waals surface area contributed by atoms with Gasteiger partial charge in [0.15, 0.2) is 0 Å². The molecule has 0 bridgehead atoms. The van der Waals surface area contributed by atoms with Crippen LogP contribution >= 0.6 is 7.60 Å². The first-order valence-electron chi connectivity index (χ1n) is 2.19. The molecule has 7 heteroatoms. The summed E-state index contributed by atoms with van der Waals surface area (Å²) in [6.07, 6.45) is -0.379. The van der Waals surface area contributed by atoms with Crippen molar-refractivity contribution in [3.63, 3.8) is 0 Å². The van der Waals surface area contributed by atoms with Crippen LogP contribution in [0.3, 0.4) is 0 Å². The fourth-order valence-corrected chi connectivity index (χ4v) is 1.36. The van der Waals surface area contributed by atoms with Crippen molar-refractivity contribution in [1.29, 1.82) is 0 Å². The Morgan fingerprint density at radius 2 is 1.80 bits per heavy atom. The van der Waals surface area contributed by atoms with Crippen LogP contribution in [0.2, 0.25) is 0 Å². The van der Waals surface area contributed by atoms with E-state index in [0.29, 0.717) is 0 Å². The fourth-order valence-electron chi connectivity index (χ4n) is 0.506. The average molecular weight is 194 g/mol. The van der Waals surface area contributed by atoms with Gasteiger partial charge in [0.05, 0.1) is 6.10 Å². The summed E-state index contributed by atoms with van der Waals surface area (Å²) in [6, 6.07) is 0. The van der Waals surface area contributed by atoms with Gasteiger partial charge in [-0.2, -0.15) is 0 Å². The Balaban J connectivity index is 0. The van der Waals surface area contributed by atoms with E-state index in [1.54, 1.807) is 6.92 Å². The molecule has 2 N–H and O–H groups in total. The van der Waals surface area contributed by atoms with Gasteiger partial charge in [0, 0.05) is 0 Å². The third-order valence-corrected chi connectivity index (χ3v) is 2.16. The maximum atomic E-state index is 9.95. The molecule has 1 aliphatic heterocycles. The monoisotopic (exact) mass is 194 g/mol. The molecule has 0 radical (unpaired) electrons. The van der Waals surface area contributed by atoms with E-state index in [9.17, 15) is 14.4 Å². The minimum atomic E-state index is -4.40. The van der Waals surface area contributed by atoms with Gasteiger partial charge in [0.1, 0.15) is 5.85 Å². The van der Waals surface area contributed by atoms with Crippen LogP contribution in [0.15, 0.2) is 0 Å². The Labute approximate surface area is 88.2 Å². The maximum Gasteiger partial charge on any atom is 2.00 e. The molecule has 1 fully saturated rings. The van der Waals surface area contributed by atoms with Crippen LogP contribution in [-0.4, -0.2) is 55.2 Å². The van der Waals surface area contributed by atoms with E-state index in [1.165, 1.54) is 0 Å². The zero-order chi connectivity index (χ0) is 6.36. The molecule has 10 heavy (non-hydrogen) atoms. The zero-order valence-corrected chi connectivity index (χ0v) is 8.54. The van der Waals surface area contributed by atoms with Crippen molar-refractivity contribution in [2.45, 2.75) is 18.9 Å². The predicted octanol–water partition coefficient (Wildman–Crippen LogP) is -2.56. The minimum Gasteiger partial charge on any atom is -0.809 e. The van der Waals surface area contributed by atoms with Crippen molar-refractivity contribution in [2.24, 2.45) is 0 Å². The summed E-state index contributed by atoms with van der Waals surface area (Å²) in [7, 11) is -4.40. The van der Waals surface area contributed by atoms with E-state index >= 15 is 0 Å². The van der Waals surface area contributed by atoms with Gasteiger partial charge in [0.25, 0.3) is 0 Å². The molecule has 1 rings (SSSR count). The van der Waals surface area contributed by atoms with E-state index < -0.39 is 13.4 Å². The van der Waals surface area contributed by atoms with Gasteiger partial charge < -0.3 is 24.6 Å². The molecule has 0 aromatic heterocycles. The van der Waals surface area contributed by atoms with E-state index in [-0.39, 0.29) is 49.3 Å². The molecule has 0 amide bonds. The maximum absolute atomic E-state index is 9.95. The second-order valence-electron chi connectivity index (χ2n) is 1.77. The van der Waals surface area contributed by atoms with Gasteiger partial charge in [-0.1, -0.05) is 0 Å². The van der Waals surface area contributed by atoms with Gasteiger partial charge in [-0.15, -0.1) is 0 Å². The normalized spacial score (nSPS) is 29.9. The SMILES string of the molecule is C[C@@H]1O[C@@H]1P(=O)([O-])[O-].O.[Ca+2]. The van der Waals surface area contributed by atoms with Gasteiger partial charge in [-0.25, -0.2) is 0 Å². The summed E-state index contributed by atoms with van der Waals surface area (Å²) in [5, 5.41) is 0. The first-order valence-corrected chi connectivity index (χ1v) is 3.80. The molecule has 0 saturated carbocycles. The Kier molecular flexibility index (Phi) is 6.08. The second-order valence-corrected chi connectivity index (χ2v) is 3.36. The molecule has 0 unspecified atom stereocenters. The van der Waals surface area contributed by atoms with Gasteiger partial charge >= 0.3 is 37.7 Å². The Morgan fingerprint density at radius 1 is 1.50 bits per heavy atom. The minimum absolute atomic E-state index is 0. The van der Waals surface area contributed by atoms with Crippen molar-refractivity contribution < 1.29 is 24.6 Å². The van der Waals surface area contributed by atoms with Crippen LogP contribution in [0.5, 0.6) is 0 Å². The molecule has 0 spiro atoms. The van der Waals surface area contributed by atoms with Crippen LogP contribution in [0.4, 0.5) is 0 Å². The van der Waals surface area contributed by atoms with Gasteiger partial charge in [-0.05, 0) is 14.5 Å². The Bertz CT molecular complexity index is 144. The first kappa shape index (κ1) is 13.9. The second kappa shape index (κ2) is 4.38. The largest absolute Gasteiger partial charge is 2.00 e. The summed E-state index contributed by atoms with van der Waals surface area (Å²) >= 11 is 0. The Hall–Kier alpha value is 1.33. The van der Waals surface area contributed by atoms with Gasteiger partial charge in [-0.3, -0.25) is 0 Å². The molecule has 1 aliphatic rings. The van der Waals surface area contributed by atoms with Crippen LogP contribution in [0, 0.1) is 0 Å². The molecule has 5 nitrogen and oxygen atoms in total. The van der Waals surface area contributed by atoms with Crippen molar-refractivity contribution >= 4 is 45.3 Å². The summed E-state index contributed by atoms with van der Waals surface area (Å²) in [5.41, 5.74) is 0. The van der Waals surface area contributed by atoms with Crippen LogP contribution in [0.1, 0.15) is 6.92 Å². The van der Waals surface area contributed by atoms with Crippen molar-refractivity contribution in [3.8, 4) is 0 Å². The van der Waals surface area contributed by atoms with Crippen molar-refractivity contribution in [3.05, 3.63) is 0 Å². The molecule has 56 valence electrons. The zero-order valence-electron chi connectivity index (χ0n) is 5.44. The molecule has 2 atom stereocenters. The molecule has 0 aromatic carbocycles. The van der Waals surface area contributed by atoms with E-state index in [2.05, 4.69) is 4.74 Å². The van der Waals surface area contributed by atoms with E-state index in [0.717, 1.165) is 0 Å². The van der Waals surface area contributed by atoms with Crippen molar-refractivity contribution in [2.75, 3.05) is 0 Å². The quantitative estimate of drug-likeness (QED) is 0.260. The van der Waals surface area contributed by atoms with E-state index in [1.807, 2.05) is 0 Å². The first-order chi connectivity index (χ1) is 3.52. The number of ether oxygens (including phenoxy) is 1. The molecule has 1 heterocycles. The molecular formula is C3H7CaO5P. The number of hydrogen-bond donors (Lipinski definition) is 0. The molecule has 0 aliphatic carbocycles.